The number of rotatable bonds is 2. The maximum atomic E-state index is 13.1. The van der Waals surface area contributed by atoms with Gasteiger partial charge in [0.25, 0.3) is 0 Å². The summed E-state index contributed by atoms with van der Waals surface area (Å²) in [4.78, 5) is 30.4. The summed E-state index contributed by atoms with van der Waals surface area (Å²) >= 11 is 1.56. The van der Waals surface area contributed by atoms with Gasteiger partial charge in [-0.2, -0.15) is 0 Å². The minimum absolute atomic E-state index is 0.225. The number of aliphatic hydroxyl groups excluding tert-OH is 2. The molecule has 1 aliphatic heterocycles. The van der Waals surface area contributed by atoms with Crippen molar-refractivity contribution in [3.63, 3.8) is 0 Å². The zero-order valence-electron chi connectivity index (χ0n) is 21.4. The van der Waals surface area contributed by atoms with E-state index in [9.17, 15) is 19.8 Å². The first-order chi connectivity index (χ1) is 15.8. The van der Waals surface area contributed by atoms with Crippen molar-refractivity contribution in [1.29, 1.82) is 0 Å². The van der Waals surface area contributed by atoms with Crippen LogP contribution in [0.25, 0.3) is 6.08 Å². The van der Waals surface area contributed by atoms with Gasteiger partial charge in [0.1, 0.15) is 11.9 Å². The summed E-state index contributed by atoms with van der Waals surface area (Å²) < 4.78 is 5.79. The molecule has 0 aliphatic carbocycles. The van der Waals surface area contributed by atoms with Crippen LogP contribution in [0.1, 0.15) is 71.5 Å². The zero-order chi connectivity index (χ0) is 25.6. The van der Waals surface area contributed by atoms with E-state index in [2.05, 4.69) is 4.98 Å². The molecule has 1 aromatic rings. The van der Waals surface area contributed by atoms with Crippen LogP contribution >= 0.6 is 11.3 Å². The van der Waals surface area contributed by atoms with Crippen molar-refractivity contribution in [2.45, 2.75) is 86.0 Å². The summed E-state index contributed by atoms with van der Waals surface area (Å²) in [5.41, 5.74) is 1.57. The predicted octanol–water partition coefficient (Wildman–Crippen LogP) is 5.04. The molecule has 0 fully saturated rings. The Morgan fingerprint density at radius 1 is 1.24 bits per heavy atom. The number of aryl methyl sites for hydroxylation is 1. The first kappa shape index (κ1) is 28.1. The molecule has 0 radical (unpaired) electrons. The second-order valence-corrected chi connectivity index (χ2v) is 11.1. The summed E-state index contributed by atoms with van der Waals surface area (Å²) in [6, 6.07) is 0. The van der Waals surface area contributed by atoms with Gasteiger partial charge in [0.15, 0.2) is 0 Å². The molecule has 1 aliphatic rings. The second-order valence-electron chi connectivity index (χ2n) is 10.0. The number of allylic oxidation sites excluding steroid dienone is 2. The van der Waals surface area contributed by atoms with Crippen molar-refractivity contribution in [3.05, 3.63) is 45.5 Å². The number of Topliss-reactive ketones (excluding diaryl/α,β-unsaturated/α-hetero) is 1. The van der Waals surface area contributed by atoms with Crippen molar-refractivity contribution >= 4 is 29.2 Å². The summed E-state index contributed by atoms with van der Waals surface area (Å²) in [5.74, 6) is -1.77. The van der Waals surface area contributed by atoms with E-state index in [1.807, 2.05) is 57.4 Å². The highest BCUT2D eigenvalue weighted by atomic mass is 32.1. The quantitative estimate of drug-likeness (QED) is 0.446. The number of esters is 1. The number of nitrogens with zero attached hydrogens (tertiary/aromatic N) is 1. The van der Waals surface area contributed by atoms with Crippen molar-refractivity contribution in [1.82, 2.24) is 4.98 Å². The van der Waals surface area contributed by atoms with E-state index in [4.69, 9.17) is 4.74 Å². The number of thiazole rings is 1. The van der Waals surface area contributed by atoms with E-state index < -0.39 is 35.6 Å². The van der Waals surface area contributed by atoms with E-state index in [0.29, 0.717) is 12.8 Å². The third kappa shape index (κ3) is 7.45. The maximum absolute atomic E-state index is 13.1. The Morgan fingerprint density at radius 2 is 1.91 bits per heavy atom. The van der Waals surface area contributed by atoms with Gasteiger partial charge in [-0.1, -0.05) is 51.5 Å². The van der Waals surface area contributed by atoms with Gasteiger partial charge in [0.2, 0.25) is 0 Å². The molecule has 6 nitrogen and oxygen atoms in total. The van der Waals surface area contributed by atoms with E-state index in [-0.39, 0.29) is 18.1 Å². The highest BCUT2D eigenvalue weighted by Crippen LogP contribution is 2.31. The number of aromatic nitrogens is 1. The lowest BCUT2D eigenvalue weighted by molar-refractivity contribution is -0.154. The Hall–Kier alpha value is -2.09. The number of hydrogen-bond donors (Lipinski definition) is 2. The van der Waals surface area contributed by atoms with Gasteiger partial charge in [-0.25, -0.2) is 4.98 Å². The standard InChI is InChI=1S/C27H39NO5S/c1-16-9-8-10-17(2)25(31)19(4)26(32)27(6,7)23(29)14-24(30)33-22(12-11-16)18(3)13-21-15-34-20(5)28-21/h8,10-11,13,15,17,19,22-23,25,29,31H,9,12,14H2,1-7H3/b10-8+,16-11-,18-13+/t17-,19?,22-,23-,25-/m0/s1. The first-order valence-electron chi connectivity index (χ1n) is 11.9. The van der Waals surface area contributed by atoms with Gasteiger partial charge in [-0.15, -0.1) is 11.3 Å². The third-order valence-corrected chi connectivity index (χ3v) is 7.44. The minimum atomic E-state index is -1.23. The lowest BCUT2D eigenvalue weighted by Gasteiger charge is -2.34. The molecule has 2 N–H and O–H groups in total. The number of carbonyl (C=O) groups excluding carboxylic acids is 2. The lowest BCUT2D eigenvalue weighted by atomic mass is 9.73. The fourth-order valence-corrected chi connectivity index (χ4v) is 4.62. The highest BCUT2D eigenvalue weighted by molar-refractivity contribution is 7.09. The van der Waals surface area contributed by atoms with Crippen molar-refractivity contribution in [3.8, 4) is 0 Å². The molecule has 1 unspecified atom stereocenters. The molecular weight excluding hydrogens is 450 g/mol. The van der Waals surface area contributed by atoms with Gasteiger partial charge >= 0.3 is 5.97 Å². The monoisotopic (exact) mass is 489 g/mol. The van der Waals surface area contributed by atoms with Crippen LogP contribution in [0.5, 0.6) is 0 Å². The van der Waals surface area contributed by atoms with E-state index in [1.54, 1.807) is 32.1 Å². The number of carbonyl (C=O) groups is 2. The topological polar surface area (TPSA) is 96.7 Å². The highest BCUT2D eigenvalue weighted by Gasteiger charge is 2.42. The average Bonchev–Trinajstić information content (AvgIpc) is 3.18. The molecule has 1 aromatic heterocycles. The Balaban J connectivity index is 2.37. The summed E-state index contributed by atoms with van der Waals surface area (Å²) in [7, 11) is 0. The summed E-state index contributed by atoms with van der Waals surface area (Å²) in [6.45, 7) is 12.6. The van der Waals surface area contributed by atoms with Crippen LogP contribution in [0.15, 0.2) is 34.8 Å². The van der Waals surface area contributed by atoms with Gasteiger partial charge in [-0.05, 0) is 38.8 Å². The number of ketones is 1. The molecule has 188 valence electrons. The zero-order valence-corrected chi connectivity index (χ0v) is 22.2. The van der Waals surface area contributed by atoms with Gasteiger partial charge in [0, 0.05) is 23.6 Å². The molecule has 34 heavy (non-hydrogen) atoms. The minimum Gasteiger partial charge on any atom is -0.457 e. The molecule has 0 saturated heterocycles. The Labute approximate surface area is 207 Å². The van der Waals surface area contributed by atoms with Crippen LogP contribution < -0.4 is 0 Å². The van der Waals surface area contributed by atoms with E-state index >= 15 is 0 Å². The summed E-state index contributed by atoms with van der Waals surface area (Å²) in [5, 5.41) is 24.4. The van der Waals surface area contributed by atoms with Crippen molar-refractivity contribution < 1.29 is 24.5 Å². The van der Waals surface area contributed by atoms with Gasteiger partial charge in [-0.3, -0.25) is 9.59 Å². The molecule has 0 amide bonds. The van der Waals surface area contributed by atoms with Crippen LogP contribution in [-0.2, 0) is 14.3 Å². The van der Waals surface area contributed by atoms with Crippen molar-refractivity contribution in [2.24, 2.45) is 17.3 Å². The largest absolute Gasteiger partial charge is 0.457 e. The fourth-order valence-electron chi connectivity index (χ4n) is 4.05. The molecule has 0 saturated carbocycles. The SMILES string of the molecule is C/C1=C/C[C@@H](/C(C)=C/c2csc(C)n2)OC(=O)C[C@H](O)C(C)(C)C(=O)C(C)[C@@H](O)[C@@H](C)/C=C/C1. The Morgan fingerprint density at radius 3 is 2.53 bits per heavy atom. The number of ether oxygens (including phenoxy) is 1. The molecule has 0 aromatic carbocycles. The normalized spacial score (nSPS) is 32.6. The fraction of sp³-hybridized carbons (Fsp3) is 0.593. The molecule has 0 bridgehead atoms. The molecule has 2 heterocycles. The van der Waals surface area contributed by atoms with Crippen LogP contribution in [0.2, 0.25) is 0 Å². The van der Waals surface area contributed by atoms with Crippen LogP contribution in [0, 0.1) is 24.2 Å². The molecule has 0 spiro atoms. The number of hydrogen-bond acceptors (Lipinski definition) is 7. The first-order valence-corrected chi connectivity index (χ1v) is 12.7. The predicted molar refractivity (Wildman–Crippen MR) is 136 cm³/mol. The van der Waals surface area contributed by atoms with Crippen LogP contribution in [-0.4, -0.2) is 45.3 Å². The molecular formula is C27H39NO5S. The Bertz CT molecular complexity index is 958. The van der Waals surface area contributed by atoms with E-state index in [1.165, 1.54) is 0 Å². The van der Waals surface area contributed by atoms with Gasteiger partial charge < -0.3 is 14.9 Å². The average molecular weight is 490 g/mol. The Kier molecular flexibility index (Phi) is 9.97. The molecule has 7 heteroatoms. The van der Waals surface area contributed by atoms with Gasteiger partial charge in [0.05, 0.1) is 34.7 Å². The number of aliphatic hydroxyl groups is 2. The smallest absolute Gasteiger partial charge is 0.309 e. The van der Waals surface area contributed by atoms with E-state index in [0.717, 1.165) is 21.8 Å². The third-order valence-electron chi connectivity index (χ3n) is 6.65. The molecule has 5 atom stereocenters. The van der Waals surface area contributed by atoms with Crippen molar-refractivity contribution in [2.75, 3.05) is 0 Å². The van der Waals surface area contributed by atoms with Crippen LogP contribution in [0.4, 0.5) is 0 Å². The lowest BCUT2D eigenvalue weighted by Crippen LogP contribution is -2.45. The number of cyclic esters (lactones) is 1. The maximum Gasteiger partial charge on any atom is 0.309 e. The molecule has 2 rings (SSSR count). The second kappa shape index (κ2) is 12.0. The summed E-state index contributed by atoms with van der Waals surface area (Å²) in [6.07, 6.45) is 6.13. The van der Waals surface area contributed by atoms with Crippen LogP contribution in [0.3, 0.4) is 0 Å².